The van der Waals surface area contributed by atoms with Crippen LogP contribution < -0.4 is 0 Å². The van der Waals surface area contributed by atoms with E-state index < -0.39 is 0 Å². The lowest BCUT2D eigenvalue weighted by atomic mass is 10.1. The van der Waals surface area contributed by atoms with Crippen LogP contribution in [0.3, 0.4) is 0 Å². The third-order valence-corrected chi connectivity index (χ3v) is 3.71. The van der Waals surface area contributed by atoms with Crippen LogP contribution in [0.2, 0.25) is 5.02 Å². The summed E-state index contributed by atoms with van der Waals surface area (Å²) in [5.41, 5.74) is 1.62. The molecule has 0 fully saturated rings. The fourth-order valence-corrected chi connectivity index (χ4v) is 2.84. The maximum Gasteiger partial charge on any atom is 0.168 e. The third-order valence-electron chi connectivity index (χ3n) is 2.18. The van der Waals surface area contributed by atoms with Crippen molar-refractivity contribution in [1.82, 2.24) is 0 Å². The monoisotopic (exact) mass is 314 g/mol. The van der Waals surface area contributed by atoms with Crippen LogP contribution in [-0.2, 0) is 6.42 Å². The first-order valence-corrected chi connectivity index (χ1v) is 6.77. The molecule has 1 heterocycles. The largest absolute Gasteiger partial charge is 0.294 e. The number of carbonyl (C=O) groups excluding carboxylic acids is 1. The van der Waals surface area contributed by atoms with Crippen molar-refractivity contribution in [2.45, 2.75) is 6.42 Å². The number of ketones is 1. The predicted molar refractivity (Wildman–Crippen MR) is 71.5 cm³/mol. The molecule has 0 saturated heterocycles. The van der Waals surface area contributed by atoms with Gasteiger partial charge in [-0.2, -0.15) is 11.3 Å². The van der Waals surface area contributed by atoms with Gasteiger partial charge in [-0.3, -0.25) is 4.79 Å². The van der Waals surface area contributed by atoms with Gasteiger partial charge in [0.05, 0.1) is 5.02 Å². The Hall–Kier alpha value is -0.640. The van der Waals surface area contributed by atoms with Crippen molar-refractivity contribution in [3.05, 3.63) is 55.6 Å². The van der Waals surface area contributed by atoms with Crippen molar-refractivity contribution in [1.29, 1.82) is 0 Å². The van der Waals surface area contributed by atoms with Gasteiger partial charge in [-0.25, -0.2) is 0 Å². The van der Waals surface area contributed by atoms with Crippen molar-refractivity contribution < 1.29 is 4.79 Å². The van der Waals surface area contributed by atoms with E-state index >= 15 is 0 Å². The molecule has 2 rings (SSSR count). The van der Waals surface area contributed by atoms with Gasteiger partial charge < -0.3 is 0 Å². The second kappa shape index (κ2) is 5.13. The zero-order chi connectivity index (χ0) is 11.5. The van der Waals surface area contributed by atoms with Gasteiger partial charge in [0.1, 0.15) is 0 Å². The Labute approximate surface area is 111 Å². The molecular formula is C12H8BrClOS. The Morgan fingerprint density at radius 2 is 2.19 bits per heavy atom. The molecule has 0 bridgehead atoms. The summed E-state index contributed by atoms with van der Waals surface area (Å²) in [6.07, 6.45) is 0.408. The summed E-state index contributed by atoms with van der Waals surface area (Å²) < 4.78 is 0.879. The van der Waals surface area contributed by atoms with Crippen molar-refractivity contribution in [2.24, 2.45) is 0 Å². The number of hydrogen-bond donors (Lipinski definition) is 0. The van der Waals surface area contributed by atoms with Gasteiger partial charge in [0.25, 0.3) is 0 Å². The molecule has 0 aliphatic rings. The lowest BCUT2D eigenvalue weighted by molar-refractivity contribution is 0.0993. The fourth-order valence-electron chi connectivity index (χ4n) is 1.39. The Bertz CT molecular complexity index is 508. The number of rotatable bonds is 3. The Morgan fingerprint density at radius 3 is 2.81 bits per heavy atom. The number of benzene rings is 1. The molecule has 4 heteroatoms. The van der Waals surface area contributed by atoms with E-state index in [0.29, 0.717) is 17.0 Å². The SMILES string of the molecule is O=C(Cc1ccsc1)c1ccc(Br)cc1Cl. The second-order valence-corrected chi connectivity index (χ2v) is 5.46. The van der Waals surface area contributed by atoms with Crippen LogP contribution >= 0.6 is 38.9 Å². The average molecular weight is 316 g/mol. The van der Waals surface area contributed by atoms with Crippen molar-refractivity contribution >= 4 is 44.7 Å². The molecule has 0 atom stereocenters. The average Bonchev–Trinajstić information content (AvgIpc) is 2.70. The molecule has 2 aromatic rings. The van der Waals surface area contributed by atoms with Crippen LogP contribution in [-0.4, -0.2) is 5.78 Å². The van der Waals surface area contributed by atoms with Crippen LogP contribution in [0.4, 0.5) is 0 Å². The standard InChI is InChI=1S/C12H8BrClOS/c13-9-1-2-10(11(14)6-9)12(15)5-8-3-4-16-7-8/h1-4,6-7H,5H2. The highest BCUT2D eigenvalue weighted by Gasteiger charge is 2.11. The van der Waals surface area contributed by atoms with E-state index in [9.17, 15) is 4.79 Å². The lowest BCUT2D eigenvalue weighted by Crippen LogP contribution is -2.03. The predicted octanol–water partition coefficient (Wildman–Crippen LogP) is 4.59. The van der Waals surface area contributed by atoms with E-state index in [0.717, 1.165) is 10.0 Å². The van der Waals surface area contributed by atoms with Gasteiger partial charge in [-0.05, 0) is 40.6 Å². The molecular weight excluding hydrogens is 308 g/mol. The minimum atomic E-state index is 0.0518. The lowest BCUT2D eigenvalue weighted by Gasteiger charge is -2.02. The Morgan fingerprint density at radius 1 is 1.38 bits per heavy atom. The summed E-state index contributed by atoms with van der Waals surface area (Å²) in [5, 5.41) is 4.44. The Balaban J connectivity index is 2.21. The third kappa shape index (κ3) is 2.73. The molecule has 16 heavy (non-hydrogen) atoms. The summed E-state index contributed by atoms with van der Waals surface area (Å²) in [6.45, 7) is 0. The van der Waals surface area contributed by atoms with E-state index in [1.807, 2.05) is 22.9 Å². The van der Waals surface area contributed by atoms with Gasteiger partial charge in [-0.1, -0.05) is 27.5 Å². The summed E-state index contributed by atoms with van der Waals surface area (Å²) in [6, 6.07) is 7.27. The van der Waals surface area contributed by atoms with E-state index in [2.05, 4.69) is 15.9 Å². The summed E-state index contributed by atoms with van der Waals surface area (Å²) in [4.78, 5) is 11.9. The highest BCUT2D eigenvalue weighted by atomic mass is 79.9. The molecule has 0 aliphatic heterocycles. The van der Waals surface area contributed by atoms with E-state index in [-0.39, 0.29) is 5.78 Å². The van der Waals surface area contributed by atoms with Crippen molar-refractivity contribution in [3.63, 3.8) is 0 Å². The zero-order valence-electron chi connectivity index (χ0n) is 8.24. The molecule has 82 valence electrons. The summed E-state index contributed by atoms with van der Waals surface area (Å²) in [7, 11) is 0. The maximum absolute atomic E-state index is 11.9. The quantitative estimate of drug-likeness (QED) is 0.757. The van der Waals surface area contributed by atoms with Gasteiger partial charge in [0.2, 0.25) is 0 Å². The van der Waals surface area contributed by atoms with Crippen LogP contribution in [0.1, 0.15) is 15.9 Å². The van der Waals surface area contributed by atoms with Crippen molar-refractivity contribution in [3.8, 4) is 0 Å². The van der Waals surface area contributed by atoms with Gasteiger partial charge in [-0.15, -0.1) is 0 Å². The van der Waals surface area contributed by atoms with Crippen LogP contribution in [0.5, 0.6) is 0 Å². The van der Waals surface area contributed by atoms with E-state index in [1.165, 1.54) is 0 Å². The molecule has 0 saturated carbocycles. The van der Waals surface area contributed by atoms with Gasteiger partial charge >= 0.3 is 0 Å². The number of halogens is 2. The highest BCUT2D eigenvalue weighted by Crippen LogP contribution is 2.23. The fraction of sp³-hybridized carbons (Fsp3) is 0.0833. The molecule has 1 aromatic heterocycles. The number of Topliss-reactive ketones (excluding diaryl/α,β-unsaturated/α-hetero) is 1. The first-order valence-electron chi connectivity index (χ1n) is 4.66. The first-order chi connectivity index (χ1) is 7.66. The summed E-state index contributed by atoms with van der Waals surface area (Å²) >= 11 is 10.9. The van der Waals surface area contributed by atoms with Gasteiger partial charge in [0, 0.05) is 16.5 Å². The van der Waals surface area contributed by atoms with E-state index in [4.69, 9.17) is 11.6 Å². The number of carbonyl (C=O) groups is 1. The van der Waals surface area contributed by atoms with Crippen LogP contribution in [0.15, 0.2) is 39.5 Å². The normalized spacial score (nSPS) is 10.4. The topological polar surface area (TPSA) is 17.1 Å². The minimum absolute atomic E-state index is 0.0518. The van der Waals surface area contributed by atoms with E-state index in [1.54, 1.807) is 23.5 Å². The molecule has 0 spiro atoms. The number of hydrogen-bond acceptors (Lipinski definition) is 2. The molecule has 1 nitrogen and oxygen atoms in total. The van der Waals surface area contributed by atoms with Gasteiger partial charge in [0.15, 0.2) is 5.78 Å². The zero-order valence-corrected chi connectivity index (χ0v) is 11.4. The molecule has 1 aromatic carbocycles. The maximum atomic E-state index is 11.9. The second-order valence-electron chi connectivity index (χ2n) is 3.36. The molecule has 0 unspecified atom stereocenters. The van der Waals surface area contributed by atoms with Crippen LogP contribution in [0.25, 0.3) is 0 Å². The highest BCUT2D eigenvalue weighted by molar-refractivity contribution is 9.10. The smallest absolute Gasteiger partial charge is 0.168 e. The molecule has 0 amide bonds. The summed E-state index contributed by atoms with van der Waals surface area (Å²) in [5.74, 6) is 0.0518. The minimum Gasteiger partial charge on any atom is -0.294 e. The molecule has 0 radical (unpaired) electrons. The Kier molecular flexibility index (Phi) is 3.79. The first kappa shape index (κ1) is 11.8. The van der Waals surface area contributed by atoms with Crippen molar-refractivity contribution in [2.75, 3.05) is 0 Å². The number of thiophene rings is 1. The molecule has 0 aliphatic carbocycles. The molecule has 0 N–H and O–H groups in total. The van der Waals surface area contributed by atoms with Crippen LogP contribution in [0, 0.1) is 0 Å².